The summed E-state index contributed by atoms with van der Waals surface area (Å²) < 4.78 is 0. The second kappa shape index (κ2) is 3.42. The normalized spacial score (nSPS) is 13.4. The number of aromatic amines is 1. The van der Waals surface area contributed by atoms with Crippen LogP contribution in [0, 0.1) is 0 Å². The molecule has 1 heterocycles. The molecule has 1 aromatic rings. The minimum atomic E-state index is 0.469. The smallest absolute Gasteiger partial charge is 0.0306 e. The number of rotatable bonds is 3. The molecule has 0 amide bonds. The van der Waals surface area contributed by atoms with Crippen LogP contribution in [0.3, 0.4) is 0 Å². The molecule has 1 aromatic heterocycles. The Morgan fingerprint density at radius 2 is 2.50 bits per heavy atom. The minimum absolute atomic E-state index is 0.469. The van der Waals surface area contributed by atoms with Crippen molar-refractivity contribution in [1.29, 1.82) is 0 Å². The topological polar surface area (TPSA) is 27.8 Å². The van der Waals surface area contributed by atoms with Crippen molar-refractivity contribution in [2.45, 2.75) is 19.9 Å². The van der Waals surface area contributed by atoms with Crippen molar-refractivity contribution in [3.63, 3.8) is 0 Å². The number of hydrogen-bond acceptors (Lipinski definition) is 1. The Morgan fingerprint density at radius 1 is 1.70 bits per heavy atom. The number of H-pyrrole nitrogens is 1. The average molecular weight is 138 g/mol. The fourth-order valence-electron chi connectivity index (χ4n) is 1.03. The van der Waals surface area contributed by atoms with E-state index in [1.54, 1.807) is 0 Å². The van der Waals surface area contributed by atoms with Gasteiger partial charge in [-0.05, 0) is 25.1 Å². The molecule has 0 aliphatic rings. The number of hydrogen-bond donors (Lipinski definition) is 2. The van der Waals surface area contributed by atoms with Crippen molar-refractivity contribution in [3.8, 4) is 0 Å². The molecule has 0 bridgehead atoms. The molecule has 0 aliphatic heterocycles. The van der Waals surface area contributed by atoms with E-state index >= 15 is 0 Å². The van der Waals surface area contributed by atoms with E-state index in [-0.39, 0.29) is 0 Å². The summed E-state index contributed by atoms with van der Waals surface area (Å²) in [5.74, 6) is 0. The second-order valence-electron chi connectivity index (χ2n) is 2.42. The van der Waals surface area contributed by atoms with Gasteiger partial charge in [-0.2, -0.15) is 0 Å². The highest BCUT2D eigenvalue weighted by atomic mass is 14.9. The number of aromatic nitrogens is 1. The second-order valence-corrected chi connectivity index (χ2v) is 2.42. The van der Waals surface area contributed by atoms with Crippen LogP contribution in [-0.2, 0) is 0 Å². The summed E-state index contributed by atoms with van der Waals surface area (Å²) in [5, 5.41) is 3.33. The molecule has 0 radical (unpaired) electrons. The van der Waals surface area contributed by atoms with Crippen LogP contribution in [0.2, 0.25) is 0 Å². The summed E-state index contributed by atoms with van der Waals surface area (Å²) >= 11 is 0. The predicted molar refractivity (Wildman–Crippen MR) is 42.9 cm³/mol. The monoisotopic (exact) mass is 138 g/mol. The zero-order valence-corrected chi connectivity index (χ0v) is 6.52. The van der Waals surface area contributed by atoms with Crippen molar-refractivity contribution in [2.24, 2.45) is 0 Å². The molecule has 2 N–H and O–H groups in total. The first kappa shape index (κ1) is 7.35. The van der Waals surface area contributed by atoms with E-state index in [1.807, 2.05) is 12.4 Å². The van der Waals surface area contributed by atoms with E-state index in [4.69, 9.17) is 0 Å². The predicted octanol–water partition coefficient (Wildman–Crippen LogP) is 1.69. The lowest BCUT2D eigenvalue weighted by Crippen LogP contribution is -2.16. The van der Waals surface area contributed by atoms with E-state index in [1.165, 1.54) is 5.56 Å². The Kier molecular flexibility index (Phi) is 2.51. The third-order valence-corrected chi connectivity index (χ3v) is 1.63. The third-order valence-electron chi connectivity index (χ3n) is 1.63. The first-order chi connectivity index (χ1) is 4.84. The summed E-state index contributed by atoms with van der Waals surface area (Å²) in [5.41, 5.74) is 1.32. The molecule has 1 atom stereocenters. The first-order valence-electron chi connectivity index (χ1n) is 3.70. The molecule has 0 spiro atoms. The maximum Gasteiger partial charge on any atom is 0.0306 e. The van der Waals surface area contributed by atoms with Crippen molar-refractivity contribution >= 4 is 0 Å². The van der Waals surface area contributed by atoms with Gasteiger partial charge in [-0.15, -0.1) is 0 Å². The molecule has 0 aromatic carbocycles. The fraction of sp³-hybridized carbons (Fsp3) is 0.500. The van der Waals surface area contributed by atoms with E-state index in [0.29, 0.717) is 6.04 Å². The molecule has 0 aliphatic carbocycles. The zero-order chi connectivity index (χ0) is 7.40. The van der Waals surface area contributed by atoms with Crippen LogP contribution in [0.5, 0.6) is 0 Å². The van der Waals surface area contributed by atoms with Gasteiger partial charge < -0.3 is 10.3 Å². The summed E-state index contributed by atoms with van der Waals surface area (Å²) in [6, 6.07) is 2.56. The van der Waals surface area contributed by atoms with E-state index < -0.39 is 0 Å². The van der Waals surface area contributed by atoms with E-state index in [9.17, 15) is 0 Å². The Labute approximate surface area is 61.7 Å². The van der Waals surface area contributed by atoms with Gasteiger partial charge in [0.05, 0.1) is 0 Å². The van der Waals surface area contributed by atoms with Crippen LogP contribution in [0.15, 0.2) is 18.5 Å². The summed E-state index contributed by atoms with van der Waals surface area (Å²) in [7, 11) is 0. The highest BCUT2D eigenvalue weighted by Gasteiger charge is 2.01. The Balaban J connectivity index is 2.50. The van der Waals surface area contributed by atoms with Crippen molar-refractivity contribution in [1.82, 2.24) is 10.3 Å². The molecule has 2 heteroatoms. The first-order valence-corrected chi connectivity index (χ1v) is 3.70. The van der Waals surface area contributed by atoms with Gasteiger partial charge in [-0.25, -0.2) is 0 Å². The van der Waals surface area contributed by atoms with Gasteiger partial charge in [-0.1, -0.05) is 6.92 Å². The largest absolute Gasteiger partial charge is 0.367 e. The van der Waals surface area contributed by atoms with Gasteiger partial charge in [0.2, 0.25) is 0 Å². The Bertz CT molecular complexity index is 167. The van der Waals surface area contributed by atoms with Crippen LogP contribution >= 0.6 is 0 Å². The van der Waals surface area contributed by atoms with Gasteiger partial charge in [0.1, 0.15) is 0 Å². The van der Waals surface area contributed by atoms with Crippen LogP contribution < -0.4 is 5.32 Å². The zero-order valence-electron chi connectivity index (χ0n) is 6.52. The molecular weight excluding hydrogens is 124 g/mol. The van der Waals surface area contributed by atoms with Crippen LogP contribution in [0.4, 0.5) is 0 Å². The lowest BCUT2D eigenvalue weighted by Gasteiger charge is -2.08. The summed E-state index contributed by atoms with van der Waals surface area (Å²) in [6.45, 7) is 5.29. The molecule has 10 heavy (non-hydrogen) atoms. The number of nitrogens with one attached hydrogen (secondary N) is 2. The summed E-state index contributed by atoms with van der Waals surface area (Å²) in [6.07, 6.45) is 3.97. The van der Waals surface area contributed by atoms with E-state index in [2.05, 4.69) is 30.2 Å². The third kappa shape index (κ3) is 1.61. The molecule has 0 saturated heterocycles. The molecule has 56 valence electrons. The van der Waals surface area contributed by atoms with Crippen LogP contribution in [-0.4, -0.2) is 11.5 Å². The molecule has 0 unspecified atom stereocenters. The summed E-state index contributed by atoms with van der Waals surface area (Å²) in [4.78, 5) is 3.03. The van der Waals surface area contributed by atoms with Crippen molar-refractivity contribution < 1.29 is 0 Å². The maximum absolute atomic E-state index is 3.33. The van der Waals surface area contributed by atoms with Gasteiger partial charge in [0, 0.05) is 18.4 Å². The lowest BCUT2D eigenvalue weighted by molar-refractivity contribution is 0.599. The average Bonchev–Trinajstić information content (AvgIpc) is 2.38. The van der Waals surface area contributed by atoms with Gasteiger partial charge in [-0.3, -0.25) is 0 Å². The highest BCUT2D eigenvalue weighted by molar-refractivity contribution is 5.12. The van der Waals surface area contributed by atoms with Gasteiger partial charge in [0.15, 0.2) is 0 Å². The standard InChI is InChI=1S/C8H14N2/c1-3-10-7(2)8-4-5-9-6-8/h4-7,9-10H,3H2,1-2H3/t7-/m0/s1. The molecule has 0 saturated carbocycles. The quantitative estimate of drug-likeness (QED) is 0.653. The van der Waals surface area contributed by atoms with Crippen LogP contribution in [0.1, 0.15) is 25.5 Å². The maximum atomic E-state index is 3.33. The highest BCUT2D eigenvalue weighted by Crippen LogP contribution is 2.09. The lowest BCUT2D eigenvalue weighted by atomic mass is 10.2. The molecule has 0 fully saturated rings. The minimum Gasteiger partial charge on any atom is -0.367 e. The molecule has 1 rings (SSSR count). The van der Waals surface area contributed by atoms with Crippen molar-refractivity contribution in [3.05, 3.63) is 24.0 Å². The van der Waals surface area contributed by atoms with Gasteiger partial charge >= 0.3 is 0 Å². The van der Waals surface area contributed by atoms with Gasteiger partial charge in [0.25, 0.3) is 0 Å². The van der Waals surface area contributed by atoms with E-state index in [0.717, 1.165) is 6.54 Å². The van der Waals surface area contributed by atoms with Crippen molar-refractivity contribution in [2.75, 3.05) is 6.54 Å². The Morgan fingerprint density at radius 3 is 3.00 bits per heavy atom. The molecule has 2 nitrogen and oxygen atoms in total. The molecular formula is C8H14N2. The van der Waals surface area contributed by atoms with Crippen LogP contribution in [0.25, 0.3) is 0 Å². The SMILES string of the molecule is CCN[C@@H](C)c1cc[nH]c1. The fourth-order valence-corrected chi connectivity index (χ4v) is 1.03. The Hall–Kier alpha value is -0.760.